The van der Waals surface area contributed by atoms with Crippen LogP contribution in [0.15, 0.2) is 48.6 Å². The molecule has 1 N–H and O–H groups in total. The summed E-state index contributed by atoms with van der Waals surface area (Å²) in [6.45, 7) is 4.71. The lowest BCUT2D eigenvalue weighted by Crippen LogP contribution is -2.50. The molecular weight excluding hydrogens is 751 g/mol. The normalized spacial score (nSPS) is 13.3. The zero-order valence-electron chi connectivity index (χ0n) is 39.7. The Labute approximate surface area is 369 Å². The number of unbranched alkanes of at least 4 members (excludes halogenated alkanes) is 22. The molecule has 0 aromatic rings. The Morgan fingerprint density at radius 3 is 1.33 bits per heavy atom. The van der Waals surface area contributed by atoms with E-state index in [0.717, 1.165) is 77.0 Å². The van der Waals surface area contributed by atoms with Crippen LogP contribution in [-0.2, 0) is 28.6 Å². The summed E-state index contributed by atoms with van der Waals surface area (Å²) >= 11 is 0. The molecule has 2 unspecified atom stereocenters. The van der Waals surface area contributed by atoms with Gasteiger partial charge in [-0.3, -0.25) is 9.59 Å². The summed E-state index contributed by atoms with van der Waals surface area (Å²) in [6, 6.07) is -0.618. The lowest BCUT2D eigenvalue weighted by Gasteiger charge is -2.31. The standard InChI is InChI=1S/C52H93NO7/c1-6-8-10-12-14-16-18-20-22-23-24-25-26-27-29-31-33-35-37-39-41-43-51(55)60-48(46-58-45-44-49(52(56)57)53(3,4)5)47-59-50(54)42-40-38-36-34-32-30-28-21-19-17-15-13-11-9-7-2/h14,16,20,22,24-25,27,29,48-49H,6-13,15,17-19,21,23,26,28,30-47H2,1-5H3/p+1/b16-14+,22-20+,25-24+,29-27+. The highest BCUT2D eigenvalue weighted by Crippen LogP contribution is 2.15. The third-order valence-electron chi connectivity index (χ3n) is 11.0. The fourth-order valence-electron chi connectivity index (χ4n) is 7.13. The molecule has 0 spiro atoms. The van der Waals surface area contributed by atoms with Gasteiger partial charge in [0.1, 0.15) is 6.61 Å². The van der Waals surface area contributed by atoms with E-state index in [9.17, 15) is 19.5 Å². The lowest BCUT2D eigenvalue weighted by molar-refractivity contribution is -0.887. The Morgan fingerprint density at radius 1 is 0.500 bits per heavy atom. The van der Waals surface area contributed by atoms with Crippen molar-refractivity contribution in [2.24, 2.45) is 0 Å². The third kappa shape index (κ3) is 40.7. The largest absolute Gasteiger partial charge is 0.477 e. The number of hydrogen-bond acceptors (Lipinski definition) is 6. The van der Waals surface area contributed by atoms with E-state index in [1.807, 2.05) is 21.1 Å². The average molecular weight is 845 g/mol. The lowest BCUT2D eigenvalue weighted by atomic mass is 10.0. The van der Waals surface area contributed by atoms with Crippen molar-refractivity contribution in [1.29, 1.82) is 0 Å². The van der Waals surface area contributed by atoms with Crippen LogP contribution in [0, 0.1) is 0 Å². The van der Waals surface area contributed by atoms with Gasteiger partial charge in [-0.25, -0.2) is 4.79 Å². The van der Waals surface area contributed by atoms with Crippen molar-refractivity contribution in [3.05, 3.63) is 48.6 Å². The molecule has 0 heterocycles. The summed E-state index contributed by atoms with van der Waals surface area (Å²) < 4.78 is 17.3. The van der Waals surface area contributed by atoms with Crippen LogP contribution in [0.4, 0.5) is 0 Å². The highest BCUT2D eigenvalue weighted by Gasteiger charge is 2.31. The number of carboxylic acids is 1. The number of nitrogens with zero attached hydrogens (tertiary/aromatic N) is 1. The topological polar surface area (TPSA) is 99.1 Å². The molecule has 0 aliphatic rings. The molecule has 60 heavy (non-hydrogen) atoms. The number of likely N-dealkylation sites (N-methyl/N-ethyl adjacent to an activating group) is 1. The van der Waals surface area contributed by atoms with Crippen molar-refractivity contribution >= 4 is 17.9 Å². The molecule has 0 amide bonds. The minimum Gasteiger partial charge on any atom is -0.477 e. The van der Waals surface area contributed by atoms with Crippen LogP contribution >= 0.6 is 0 Å². The van der Waals surface area contributed by atoms with Gasteiger partial charge in [0.2, 0.25) is 0 Å². The molecule has 0 radical (unpaired) electrons. The Kier molecular flexibility index (Phi) is 41.0. The van der Waals surface area contributed by atoms with Crippen LogP contribution in [0.1, 0.15) is 213 Å². The van der Waals surface area contributed by atoms with Crippen LogP contribution in [0.3, 0.4) is 0 Å². The summed E-state index contributed by atoms with van der Waals surface area (Å²) in [5, 5.41) is 9.64. The molecular formula is C52H94NO7+. The van der Waals surface area contributed by atoms with Gasteiger partial charge in [-0.15, -0.1) is 0 Å². The number of aliphatic carboxylic acids is 1. The fourth-order valence-corrected chi connectivity index (χ4v) is 7.13. The van der Waals surface area contributed by atoms with Gasteiger partial charge in [-0.05, 0) is 57.8 Å². The number of carbonyl (C=O) groups is 3. The van der Waals surface area contributed by atoms with Crippen LogP contribution in [0.2, 0.25) is 0 Å². The van der Waals surface area contributed by atoms with Gasteiger partial charge in [0.05, 0.1) is 34.4 Å². The van der Waals surface area contributed by atoms with Crippen LogP contribution in [0.5, 0.6) is 0 Å². The molecule has 0 bridgehead atoms. The summed E-state index contributed by atoms with van der Waals surface area (Å²) in [5.74, 6) is -1.48. The maximum absolute atomic E-state index is 12.8. The fraction of sp³-hybridized carbons (Fsp3) is 0.788. The summed E-state index contributed by atoms with van der Waals surface area (Å²) in [7, 11) is 5.53. The highest BCUT2D eigenvalue weighted by molar-refractivity contribution is 5.72. The molecule has 2 atom stereocenters. The highest BCUT2D eigenvalue weighted by atomic mass is 16.6. The maximum atomic E-state index is 12.8. The molecule has 0 aromatic carbocycles. The van der Waals surface area contributed by atoms with Crippen LogP contribution < -0.4 is 0 Å². The first-order valence-electron chi connectivity index (χ1n) is 24.7. The van der Waals surface area contributed by atoms with Crippen LogP contribution in [0.25, 0.3) is 0 Å². The van der Waals surface area contributed by atoms with Crippen molar-refractivity contribution in [2.45, 2.75) is 225 Å². The number of carboxylic acid groups (broad SMARTS) is 1. The van der Waals surface area contributed by atoms with Gasteiger partial charge in [0.15, 0.2) is 12.1 Å². The number of esters is 2. The number of ether oxygens (including phenoxy) is 3. The second-order valence-corrected chi connectivity index (χ2v) is 17.7. The average Bonchev–Trinajstić information content (AvgIpc) is 3.21. The van der Waals surface area contributed by atoms with E-state index < -0.39 is 18.1 Å². The second-order valence-electron chi connectivity index (χ2n) is 17.7. The van der Waals surface area contributed by atoms with E-state index in [1.165, 1.54) is 103 Å². The minimum atomic E-state index is -0.878. The predicted molar refractivity (Wildman–Crippen MR) is 252 cm³/mol. The first-order chi connectivity index (χ1) is 29.1. The number of quaternary nitrogens is 1. The molecule has 0 rings (SSSR count). The number of rotatable bonds is 44. The molecule has 0 saturated carbocycles. The SMILES string of the molecule is CCCCC/C=C/C/C=C/C/C=C/C/C=C/CCCCCCCC(=O)OC(COCCC(C(=O)O)[N+](C)(C)C)COC(=O)CCCCCCCCCCCCCCCCC. The molecule has 0 aromatic heterocycles. The van der Waals surface area contributed by atoms with E-state index in [0.29, 0.717) is 19.3 Å². The predicted octanol–water partition coefficient (Wildman–Crippen LogP) is 14.0. The van der Waals surface area contributed by atoms with Gasteiger partial charge in [0, 0.05) is 19.3 Å². The molecule has 8 heteroatoms. The summed E-state index contributed by atoms with van der Waals surface area (Å²) in [6.07, 6.45) is 51.5. The van der Waals surface area contributed by atoms with E-state index in [4.69, 9.17) is 14.2 Å². The number of allylic oxidation sites excluding steroid dienone is 8. The molecule has 0 saturated heterocycles. The first-order valence-corrected chi connectivity index (χ1v) is 24.7. The zero-order chi connectivity index (χ0) is 44.2. The molecule has 0 aliphatic carbocycles. The number of hydrogen-bond donors (Lipinski definition) is 1. The van der Waals surface area contributed by atoms with Gasteiger partial charge >= 0.3 is 17.9 Å². The van der Waals surface area contributed by atoms with Crippen molar-refractivity contribution < 1.29 is 38.2 Å². The van der Waals surface area contributed by atoms with Gasteiger partial charge in [-0.1, -0.05) is 184 Å². The first kappa shape index (κ1) is 57.3. The maximum Gasteiger partial charge on any atom is 0.362 e. The Hall–Kier alpha value is -2.71. The van der Waals surface area contributed by atoms with E-state index in [1.54, 1.807) is 0 Å². The zero-order valence-corrected chi connectivity index (χ0v) is 39.7. The number of carbonyl (C=O) groups excluding carboxylic acids is 2. The second kappa shape index (κ2) is 43.0. The quantitative estimate of drug-likeness (QED) is 0.0282. The van der Waals surface area contributed by atoms with Crippen molar-refractivity contribution in [2.75, 3.05) is 41.0 Å². The van der Waals surface area contributed by atoms with Gasteiger partial charge < -0.3 is 23.8 Å². The minimum absolute atomic E-state index is 0.0545. The molecule has 0 aliphatic heterocycles. The smallest absolute Gasteiger partial charge is 0.362 e. The Morgan fingerprint density at radius 2 is 0.883 bits per heavy atom. The summed E-state index contributed by atoms with van der Waals surface area (Å²) in [4.78, 5) is 37.1. The van der Waals surface area contributed by atoms with E-state index in [2.05, 4.69) is 62.5 Å². The molecule has 8 nitrogen and oxygen atoms in total. The van der Waals surface area contributed by atoms with Crippen molar-refractivity contribution in [3.63, 3.8) is 0 Å². The van der Waals surface area contributed by atoms with Gasteiger partial charge in [0.25, 0.3) is 0 Å². The molecule has 0 fully saturated rings. The van der Waals surface area contributed by atoms with Crippen molar-refractivity contribution in [3.8, 4) is 0 Å². The summed E-state index contributed by atoms with van der Waals surface area (Å²) in [5.41, 5.74) is 0. The third-order valence-corrected chi connectivity index (χ3v) is 11.0. The van der Waals surface area contributed by atoms with Crippen molar-refractivity contribution in [1.82, 2.24) is 0 Å². The van der Waals surface area contributed by atoms with Gasteiger partial charge in [-0.2, -0.15) is 0 Å². The van der Waals surface area contributed by atoms with Crippen LogP contribution in [-0.4, -0.2) is 80.6 Å². The van der Waals surface area contributed by atoms with E-state index in [-0.39, 0.29) is 36.2 Å². The Bertz CT molecular complexity index is 1120. The monoisotopic (exact) mass is 845 g/mol. The Balaban J connectivity index is 4.31. The van der Waals surface area contributed by atoms with E-state index >= 15 is 0 Å². The molecule has 348 valence electrons.